The summed E-state index contributed by atoms with van der Waals surface area (Å²) in [4.78, 5) is 27.4. The number of halogens is 2. The molecule has 1 atom stereocenters. The van der Waals surface area contributed by atoms with Gasteiger partial charge in [0.1, 0.15) is 12.0 Å². The standard InChI is InChI=1S/C17H14ClFN2O2/c1-10(22)20-15-8-5-13(18)9-16(15)21(11(2)23)17(20)12-3-6-14(19)7-4-12/h3-9,17H,1-2H3. The van der Waals surface area contributed by atoms with Gasteiger partial charge in [0.25, 0.3) is 0 Å². The van der Waals surface area contributed by atoms with E-state index in [0.717, 1.165) is 0 Å². The van der Waals surface area contributed by atoms with E-state index in [0.29, 0.717) is 22.0 Å². The number of carbonyl (C=O) groups excluding carboxylic acids is 2. The average molecular weight is 333 g/mol. The smallest absolute Gasteiger partial charge is 0.225 e. The molecule has 2 aromatic rings. The van der Waals surface area contributed by atoms with Crippen LogP contribution in [-0.4, -0.2) is 11.8 Å². The minimum absolute atomic E-state index is 0.216. The van der Waals surface area contributed by atoms with Crippen LogP contribution in [0.3, 0.4) is 0 Å². The molecule has 2 amide bonds. The number of rotatable bonds is 1. The van der Waals surface area contributed by atoms with E-state index < -0.39 is 6.17 Å². The Balaban J connectivity index is 2.21. The molecule has 23 heavy (non-hydrogen) atoms. The first-order valence-electron chi connectivity index (χ1n) is 7.05. The van der Waals surface area contributed by atoms with Gasteiger partial charge in [0, 0.05) is 18.9 Å². The Morgan fingerprint density at radius 3 is 2.09 bits per heavy atom. The van der Waals surface area contributed by atoms with Gasteiger partial charge in [0.05, 0.1) is 11.4 Å². The fourth-order valence-corrected chi connectivity index (χ4v) is 3.06. The number of nitrogens with zero attached hydrogens (tertiary/aromatic N) is 2. The predicted molar refractivity (Wildman–Crippen MR) is 86.9 cm³/mol. The molecule has 3 rings (SSSR count). The summed E-state index contributed by atoms with van der Waals surface area (Å²) in [5.41, 5.74) is 1.81. The number of carbonyl (C=O) groups is 2. The van der Waals surface area contributed by atoms with Gasteiger partial charge in [-0.15, -0.1) is 0 Å². The second-order valence-electron chi connectivity index (χ2n) is 5.34. The summed E-state index contributed by atoms with van der Waals surface area (Å²) in [6, 6.07) is 10.8. The normalized spacial score (nSPS) is 16.4. The van der Waals surface area contributed by atoms with Gasteiger partial charge in [-0.1, -0.05) is 23.7 Å². The maximum atomic E-state index is 13.2. The van der Waals surface area contributed by atoms with Crippen molar-refractivity contribution in [1.29, 1.82) is 0 Å². The zero-order chi connectivity index (χ0) is 16.7. The largest absolute Gasteiger partial charge is 0.285 e. The third-order valence-electron chi connectivity index (χ3n) is 3.79. The predicted octanol–water partition coefficient (Wildman–Crippen LogP) is 3.90. The molecule has 0 bridgehead atoms. The fraction of sp³-hybridized carbons (Fsp3) is 0.176. The maximum Gasteiger partial charge on any atom is 0.225 e. The molecule has 2 aromatic carbocycles. The summed E-state index contributed by atoms with van der Waals surface area (Å²) in [7, 11) is 0. The van der Waals surface area contributed by atoms with Crippen molar-refractivity contribution >= 4 is 34.8 Å². The number of benzene rings is 2. The number of amides is 2. The molecule has 0 saturated heterocycles. The van der Waals surface area contributed by atoms with Crippen LogP contribution in [0, 0.1) is 5.82 Å². The van der Waals surface area contributed by atoms with Crippen molar-refractivity contribution in [1.82, 2.24) is 0 Å². The summed E-state index contributed by atoms with van der Waals surface area (Å²) in [6.45, 7) is 2.85. The van der Waals surface area contributed by atoms with Crippen LogP contribution < -0.4 is 9.80 Å². The van der Waals surface area contributed by atoms with Gasteiger partial charge in [0.2, 0.25) is 11.8 Å². The second-order valence-corrected chi connectivity index (χ2v) is 5.77. The molecule has 6 heteroatoms. The van der Waals surface area contributed by atoms with E-state index >= 15 is 0 Å². The fourth-order valence-electron chi connectivity index (χ4n) is 2.89. The summed E-state index contributed by atoms with van der Waals surface area (Å²) < 4.78 is 13.2. The first kappa shape index (κ1) is 15.5. The summed E-state index contributed by atoms with van der Waals surface area (Å²) in [5.74, 6) is -0.825. The van der Waals surface area contributed by atoms with E-state index in [1.54, 1.807) is 30.3 Å². The molecule has 118 valence electrons. The van der Waals surface area contributed by atoms with Gasteiger partial charge in [-0.25, -0.2) is 4.39 Å². The molecule has 4 nitrogen and oxygen atoms in total. The summed E-state index contributed by atoms with van der Waals surface area (Å²) in [5, 5.41) is 0.471. The van der Waals surface area contributed by atoms with E-state index in [1.807, 2.05) is 0 Å². The quantitative estimate of drug-likeness (QED) is 0.794. The van der Waals surface area contributed by atoms with Crippen molar-refractivity contribution < 1.29 is 14.0 Å². The topological polar surface area (TPSA) is 40.6 Å². The Labute approximate surface area is 138 Å². The van der Waals surface area contributed by atoms with Gasteiger partial charge in [-0.05, 0) is 35.9 Å². The summed E-state index contributed by atoms with van der Waals surface area (Å²) >= 11 is 6.04. The van der Waals surface area contributed by atoms with Crippen LogP contribution in [-0.2, 0) is 9.59 Å². The zero-order valence-corrected chi connectivity index (χ0v) is 13.3. The molecule has 0 aromatic heterocycles. The number of fused-ring (bicyclic) bond motifs is 1. The molecule has 1 unspecified atom stereocenters. The van der Waals surface area contributed by atoms with Crippen molar-refractivity contribution in [3.8, 4) is 0 Å². The lowest BCUT2D eigenvalue weighted by Crippen LogP contribution is -2.40. The SMILES string of the molecule is CC(=O)N1c2ccc(Cl)cc2N(C(C)=O)C1c1ccc(F)cc1. The lowest BCUT2D eigenvalue weighted by atomic mass is 10.1. The Hall–Kier alpha value is -2.40. The van der Waals surface area contributed by atoms with Crippen LogP contribution in [0.1, 0.15) is 25.6 Å². The first-order chi connectivity index (χ1) is 10.9. The molecule has 0 spiro atoms. The molecule has 0 saturated carbocycles. The lowest BCUT2D eigenvalue weighted by Gasteiger charge is -2.29. The van der Waals surface area contributed by atoms with Crippen LogP contribution in [0.25, 0.3) is 0 Å². The highest BCUT2D eigenvalue weighted by Gasteiger charge is 2.41. The average Bonchev–Trinajstić information content (AvgIpc) is 2.82. The van der Waals surface area contributed by atoms with E-state index in [2.05, 4.69) is 0 Å². The molecule has 0 radical (unpaired) electrons. The van der Waals surface area contributed by atoms with E-state index in [9.17, 15) is 14.0 Å². The summed E-state index contributed by atoms with van der Waals surface area (Å²) in [6.07, 6.45) is -0.654. The van der Waals surface area contributed by atoms with Gasteiger partial charge >= 0.3 is 0 Å². The van der Waals surface area contributed by atoms with Crippen LogP contribution >= 0.6 is 11.6 Å². The van der Waals surface area contributed by atoms with Crippen LogP contribution in [0.15, 0.2) is 42.5 Å². The molecule has 0 aliphatic carbocycles. The van der Waals surface area contributed by atoms with Gasteiger partial charge in [-0.2, -0.15) is 0 Å². The van der Waals surface area contributed by atoms with Crippen LogP contribution in [0.2, 0.25) is 5.02 Å². The third kappa shape index (κ3) is 2.57. The molecule has 0 fully saturated rings. The van der Waals surface area contributed by atoms with Crippen molar-refractivity contribution in [3.05, 3.63) is 58.9 Å². The molecular weight excluding hydrogens is 319 g/mol. The molecule has 0 N–H and O–H groups in total. The number of hydrogen-bond acceptors (Lipinski definition) is 2. The minimum atomic E-state index is -0.654. The highest BCUT2D eigenvalue weighted by molar-refractivity contribution is 6.31. The second kappa shape index (κ2) is 5.66. The third-order valence-corrected chi connectivity index (χ3v) is 4.03. The monoisotopic (exact) mass is 332 g/mol. The Morgan fingerprint density at radius 1 is 0.957 bits per heavy atom. The molecule has 1 aliphatic heterocycles. The van der Waals surface area contributed by atoms with Crippen molar-refractivity contribution in [2.24, 2.45) is 0 Å². The van der Waals surface area contributed by atoms with Crippen LogP contribution in [0.4, 0.5) is 15.8 Å². The Kier molecular flexibility index (Phi) is 3.82. The van der Waals surface area contributed by atoms with E-state index in [-0.39, 0.29) is 17.6 Å². The Bertz CT molecular complexity index is 792. The molecule has 1 heterocycles. The van der Waals surface area contributed by atoms with E-state index in [4.69, 9.17) is 11.6 Å². The number of hydrogen-bond donors (Lipinski definition) is 0. The van der Waals surface area contributed by atoms with Crippen molar-refractivity contribution in [2.75, 3.05) is 9.80 Å². The molecular formula is C17H14ClFN2O2. The van der Waals surface area contributed by atoms with Crippen LogP contribution in [0.5, 0.6) is 0 Å². The van der Waals surface area contributed by atoms with Gasteiger partial charge in [-0.3, -0.25) is 19.4 Å². The highest BCUT2D eigenvalue weighted by atomic mass is 35.5. The highest BCUT2D eigenvalue weighted by Crippen LogP contribution is 2.47. The zero-order valence-electron chi connectivity index (χ0n) is 12.6. The number of anilines is 2. The lowest BCUT2D eigenvalue weighted by molar-refractivity contribution is -0.118. The maximum absolute atomic E-state index is 13.2. The van der Waals surface area contributed by atoms with Crippen molar-refractivity contribution in [3.63, 3.8) is 0 Å². The Morgan fingerprint density at radius 2 is 1.52 bits per heavy atom. The van der Waals surface area contributed by atoms with Gasteiger partial charge in [0.15, 0.2) is 0 Å². The van der Waals surface area contributed by atoms with Gasteiger partial charge < -0.3 is 0 Å². The minimum Gasteiger partial charge on any atom is -0.285 e. The van der Waals surface area contributed by atoms with Crippen molar-refractivity contribution in [2.45, 2.75) is 20.0 Å². The van der Waals surface area contributed by atoms with E-state index in [1.165, 1.54) is 35.8 Å². The first-order valence-corrected chi connectivity index (χ1v) is 7.42. The molecule has 1 aliphatic rings.